The number of nitrogens with two attached hydrogens (primary N) is 4. The van der Waals surface area contributed by atoms with Gasteiger partial charge in [0, 0.05) is 0 Å². The van der Waals surface area contributed by atoms with Gasteiger partial charge in [0.2, 0.25) is 29.5 Å². The van der Waals surface area contributed by atoms with Crippen molar-refractivity contribution in [3.63, 3.8) is 0 Å². The quantitative estimate of drug-likeness (QED) is 0.0270. The second-order valence-electron chi connectivity index (χ2n) is 10.1. The molecule has 0 unspecified atom stereocenters. The van der Waals surface area contributed by atoms with E-state index in [2.05, 4.69) is 31.6 Å². The highest BCUT2D eigenvalue weighted by atomic mass is 16.3. The second-order valence-corrected chi connectivity index (χ2v) is 10.1. The van der Waals surface area contributed by atoms with Gasteiger partial charge < -0.3 is 48.0 Å². The van der Waals surface area contributed by atoms with E-state index >= 15 is 0 Å². The van der Waals surface area contributed by atoms with Crippen molar-refractivity contribution < 1.29 is 38.9 Å². The Hall–Kier alpha value is -3.83. The number of nitrogens with one attached hydrogen (secondary N) is 6. The molecule has 17 heteroatoms. The molecule has 0 saturated carbocycles. The molecule has 0 aliphatic carbocycles. The molecule has 0 aromatic carbocycles. The van der Waals surface area contributed by atoms with Crippen LogP contribution in [0.1, 0.15) is 59.8 Å². The third kappa shape index (κ3) is 15.2. The van der Waals surface area contributed by atoms with Crippen LogP contribution in [-0.2, 0) is 28.8 Å². The molecule has 42 heavy (non-hydrogen) atoms. The average molecular weight is 602 g/mol. The average Bonchev–Trinajstić information content (AvgIpc) is 2.91. The third-order valence-corrected chi connectivity index (χ3v) is 6.07. The van der Waals surface area contributed by atoms with Gasteiger partial charge in [-0.3, -0.25) is 40.4 Å². The van der Waals surface area contributed by atoms with Gasteiger partial charge in [0.25, 0.3) is 0 Å². The van der Waals surface area contributed by atoms with Crippen LogP contribution in [0.4, 0.5) is 0 Å². The molecule has 7 atom stereocenters. The molecule has 0 aliphatic rings. The number of aldehydes is 1. The maximum atomic E-state index is 13.0. The van der Waals surface area contributed by atoms with Crippen LogP contribution in [0.25, 0.3) is 0 Å². The third-order valence-electron chi connectivity index (χ3n) is 6.07. The SMILES string of the molecule is C[C@H](N)C(=O)N[C@H](C(=O)N[C@@H](CCCCN)C(=O)N[C@@H](C)C(=O)N[C@@H](C)C(=O)N[C@H](C=O)CCC[NH+]=C(N)N)[C@@H](C)O. The van der Waals surface area contributed by atoms with E-state index in [4.69, 9.17) is 22.9 Å². The Labute approximate surface area is 245 Å². The second kappa shape index (κ2) is 20.1. The monoisotopic (exact) mass is 601 g/mol. The van der Waals surface area contributed by atoms with Gasteiger partial charge in [-0.1, -0.05) is 0 Å². The number of unbranched alkanes of at least 4 members (excludes halogenated alkanes) is 1. The van der Waals surface area contributed by atoms with Gasteiger partial charge in [-0.2, -0.15) is 0 Å². The first-order valence-electron chi connectivity index (χ1n) is 13.9. The standard InChI is InChI=1S/C25H48N10O7/c1-13(27)20(38)35-19(16(4)37)24(42)34-18(9-5-6-10-26)23(41)32-14(2)21(39)31-15(3)22(40)33-17(12-36)8-7-11-30-25(28)29/h12-19,37H,5-11,26-27H2,1-4H3,(H,31,39)(H,32,41)(H,33,40)(H,34,42)(H,35,38)(H4,28,29,30)/p+1/t13-,14-,15-,16+,17-,18-,19-/m0/s1. The van der Waals surface area contributed by atoms with Gasteiger partial charge in [-0.25, -0.2) is 0 Å². The van der Waals surface area contributed by atoms with E-state index in [0.29, 0.717) is 45.1 Å². The van der Waals surface area contributed by atoms with Crippen molar-refractivity contribution in [3.05, 3.63) is 0 Å². The predicted molar refractivity (Wildman–Crippen MR) is 154 cm³/mol. The summed E-state index contributed by atoms with van der Waals surface area (Å²) < 4.78 is 0. The van der Waals surface area contributed by atoms with Crippen LogP contribution in [0.5, 0.6) is 0 Å². The lowest BCUT2D eigenvalue weighted by molar-refractivity contribution is -0.459. The van der Waals surface area contributed by atoms with Gasteiger partial charge in [-0.05, 0) is 66.3 Å². The van der Waals surface area contributed by atoms with Gasteiger partial charge in [-0.15, -0.1) is 0 Å². The van der Waals surface area contributed by atoms with Crippen molar-refractivity contribution in [2.75, 3.05) is 13.1 Å². The van der Waals surface area contributed by atoms with Gasteiger partial charge in [0.1, 0.15) is 30.5 Å². The molecular weight excluding hydrogens is 552 g/mol. The maximum absolute atomic E-state index is 13.0. The number of carbonyl (C=O) groups excluding carboxylic acids is 6. The fourth-order valence-electron chi connectivity index (χ4n) is 3.53. The van der Waals surface area contributed by atoms with E-state index in [1.165, 1.54) is 27.7 Å². The molecule has 0 bridgehead atoms. The summed E-state index contributed by atoms with van der Waals surface area (Å²) in [5.74, 6) is -3.45. The Kier molecular flexibility index (Phi) is 18.3. The van der Waals surface area contributed by atoms with Crippen molar-refractivity contribution in [1.29, 1.82) is 0 Å². The van der Waals surface area contributed by atoms with Gasteiger partial charge in [0.05, 0.1) is 24.7 Å². The van der Waals surface area contributed by atoms with Crippen LogP contribution in [0, 0.1) is 0 Å². The number of carbonyl (C=O) groups is 6. The van der Waals surface area contributed by atoms with Crippen LogP contribution in [-0.4, -0.2) is 102 Å². The first-order chi connectivity index (χ1) is 19.6. The summed E-state index contributed by atoms with van der Waals surface area (Å²) in [6, 6.07) is -6.38. The largest absolute Gasteiger partial charge is 0.391 e. The van der Waals surface area contributed by atoms with E-state index in [0.717, 1.165) is 0 Å². The molecule has 0 rings (SSSR count). The number of rotatable bonds is 20. The molecule has 0 radical (unpaired) electrons. The van der Waals surface area contributed by atoms with Gasteiger partial charge >= 0.3 is 5.96 Å². The van der Waals surface area contributed by atoms with E-state index in [9.17, 15) is 33.9 Å². The Bertz CT molecular complexity index is 941. The Morgan fingerprint density at radius 3 is 1.83 bits per heavy atom. The van der Waals surface area contributed by atoms with E-state index in [1.54, 1.807) is 0 Å². The summed E-state index contributed by atoms with van der Waals surface area (Å²) in [5, 5.41) is 22.3. The summed E-state index contributed by atoms with van der Waals surface area (Å²) in [7, 11) is 0. The zero-order valence-electron chi connectivity index (χ0n) is 24.8. The number of aliphatic hydroxyl groups excluding tert-OH is 1. The fraction of sp³-hybridized carbons (Fsp3) is 0.720. The molecule has 240 valence electrons. The number of hydrogen-bond acceptors (Lipinski definition) is 9. The van der Waals surface area contributed by atoms with Gasteiger partial charge in [0.15, 0.2) is 0 Å². The van der Waals surface area contributed by atoms with Crippen molar-refractivity contribution in [1.82, 2.24) is 26.6 Å². The lowest BCUT2D eigenvalue weighted by Crippen LogP contribution is -2.78. The highest BCUT2D eigenvalue weighted by molar-refractivity contribution is 5.96. The lowest BCUT2D eigenvalue weighted by atomic mass is 10.1. The topological polar surface area (TPSA) is 301 Å². The summed E-state index contributed by atoms with van der Waals surface area (Å²) in [4.78, 5) is 77.1. The lowest BCUT2D eigenvalue weighted by Gasteiger charge is -2.26. The summed E-state index contributed by atoms with van der Waals surface area (Å²) >= 11 is 0. The normalized spacial score (nSPS) is 15.8. The highest BCUT2D eigenvalue weighted by Gasteiger charge is 2.31. The van der Waals surface area contributed by atoms with Crippen LogP contribution in [0.3, 0.4) is 0 Å². The van der Waals surface area contributed by atoms with E-state index in [-0.39, 0.29) is 12.4 Å². The zero-order chi connectivity index (χ0) is 32.4. The molecular formula is C25H49N10O7+. The Balaban J connectivity index is 5.23. The zero-order valence-corrected chi connectivity index (χ0v) is 24.8. The maximum Gasteiger partial charge on any atom is 0.338 e. The van der Waals surface area contributed by atoms with Crippen LogP contribution < -0.4 is 54.5 Å². The molecule has 0 heterocycles. The van der Waals surface area contributed by atoms with Crippen LogP contribution >= 0.6 is 0 Å². The molecule has 17 nitrogen and oxygen atoms in total. The molecule has 0 saturated heterocycles. The minimum absolute atomic E-state index is 0.0399. The van der Waals surface area contributed by atoms with Crippen LogP contribution in [0.2, 0.25) is 0 Å². The molecule has 0 aliphatic heterocycles. The molecule has 0 spiro atoms. The predicted octanol–water partition coefficient (Wildman–Crippen LogP) is -6.36. The van der Waals surface area contributed by atoms with E-state index < -0.39 is 71.9 Å². The number of aliphatic hydroxyl groups is 1. The highest BCUT2D eigenvalue weighted by Crippen LogP contribution is 2.04. The molecule has 15 N–H and O–H groups in total. The molecule has 0 aromatic rings. The number of guanidine groups is 1. The minimum atomic E-state index is -1.38. The first-order valence-corrected chi connectivity index (χ1v) is 13.9. The number of hydrogen-bond donors (Lipinski definition) is 11. The van der Waals surface area contributed by atoms with Crippen molar-refractivity contribution >= 4 is 41.8 Å². The summed E-state index contributed by atoms with van der Waals surface area (Å²) in [5.41, 5.74) is 21.7. The Morgan fingerprint density at radius 1 is 0.762 bits per heavy atom. The fourth-order valence-corrected chi connectivity index (χ4v) is 3.53. The molecule has 5 amide bonds. The van der Waals surface area contributed by atoms with Crippen molar-refractivity contribution in [2.24, 2.45) is 22.9 Å². The smallest absolute Gasteiger partial charge is 0.338 e. The van der Waals surface area contributed by atoms with Crippen LogP contribution in [0.15, 0.2) is 0 Å². The Morgan fingerprint density at radius 2 is 1.33 bits per heavy atom. The summed E-state index contributed by atoms with van der Waals surface area (Å²) in [6.07, 6.45) is 1.26. The van der Waals surface area contributed by atoms with E-state index in [1.807, 2.05) is 0 Å². The van der Waals surface area contributed by atoms with Crippen molar-refractivity contribution in [3.8, 4) is 0 Å². The first kappa shape index (κ1) is 38.2. The molecule has 0 fully saturated rings. The summed E-state index contributed by atoms with van der Waals surface area (Å²) in [6.45, 7) is 6.26. The number of amides is 5. The van der Waals surface area contributed by atoms with Crippen molar-refractivity contribution in [2.45, 2.75) is 102 Å². The molecule has 0 aromatic heterocycles. The minimum Gasteiger partial charge on any atom is -0.391 e.